The summed E-state index contributed by atoms with van der Waals surface area (Å²) in [6.45, 7) is -2.98. The Morgan fingerprint density at radius 2 is 0.778 bits per heavy atom. The SMILES string of the molecule is OC[C@H]1O[C@H](O[C@@H]2[C@@H](OC[C@H]3O[C@H](OC[C@H]4O[C@H](O)[C@@H](O)[C@@H](O)[C@@H]4O)[C@@H](O)[C@@H](O)[C@@H]3O)O[C@H](CO)[C@@H](O)[C@@H]2O)[C@@H](O)[C@@H](O)[C@@H]1O. The number of aliphatic hydroxyl groups is 14. The topological polar surface area (TPSA) is 348 Å². The van der Waals surface area contributed by atoms with E-state index in [2.05, 4.69) is 0 Å². The molecule has 20 atom stereocenters. The van der Waals surface area contributed by atoms with Crippen LogP contribution in [0.2, 0.25) is 0 Å². The quantitative estimate of drug-likeness (QED) is 0.103. The van der Waals surface area contributed by atoms with Crippen molar-refractivity contribution in [3.63, 3.8) is 0 Å². The molecule has 0 aliphatic carbocycles. The van der Waals surface area contributed by atoms with E-state index in [0.29, 0.717) is 0 Å². The Bertz CT molecular complexity index is 916. The van der Waals surface area contributed by atoms with Gasteiger partial charge in [0.05, 0.1) is 26.4 Å². The summed E-state index contributed by atoms with van der Waals surface area (Å²) in [6, 6.07) is 0. The van der Waals surface area contributed by atoms with Crippen LogP contribution < -0.4 is 0 Å². The minimum absolute atomic E-state index is 0.650. The van der Waals surface area contributed by atoms with Gasteiger partial charge in [0.1, 0.15) is 97.7 Å². The fraction of sp³-hybridized carbons (Fsp3) is 1.00. The van der Waals surface area contributed by atoms with E-state index in [-0.39, 0.29) is 0 Å². The first-order chi connectivity index (χ1) is 21.2. The van der Waals surface area contributed by atoms with Gasteiger partial charge in [0.15, 0.2) is 25.2 Å². The van der Waals surface area contributed by atoms with Crippen LogP contribution in [0.15, 0.2) is 0 Å². The van der Waals surface area contributed by atoms with E-state index < -0.39 is 149 Å². The van der Waals surface area contributed by atoms with Gasteiger partial charge in [0.25, 0.3) is 0 Å². The maximum absolute atomic E-state index is 10.7. The molecule has 0 aromatic rings. The smallest absolute Gasteiger partial charge is 0.187 e. The highest BCUT2D eigenvalue weighted by molar-refractivity contribution is 4.95. The Hall–Kier alpha value is -0.840. The van der Waals surface area contributed by atoms with Gasteiger partial charge in [-0.3, -0.25) is 0 Å². The molecule has 4 aliphatic rings. The molecule has 4 saturated heterocycles. The Labute approximate surface area is 254 Å². The van der Waals surface area contributed by atoms with Crippen LogP contribution in [0.25, 0.3) is 0 Å². The van der Waals surface area contributed by atoms with Gasteiger partial charge in [-0.2, -0.15) is 0 Å². The monoisotopic (exact) mass is 666 g/mol. The molecule has 0 aromatic carbocycles. The summed E-state index contributed by atoms with van der Waals surface area (Å²) >= 11 is 0. The van der Waals surface area contributed by atoms with Crippen LogP contribution in [0, 0.1) is 0 Å². The van der Waals surface area contributed by atoms with Gasteiger partial charge < -0.3 is 105 Å². The average molecular weight is 667 g/mol. The Balaban J connectivity index is 1.43. The largest absolute Gasteiger partial charge is 0.394 e. The normalized spacial score (nSPS) is 52.9. The number of hydrogen-bond acceptors (Lipinski definition) is 21. The highest BCUT2D eigenvalue weighted by atomic mass is 16.8. The van der Waals surface area contributed by atoms with Crippen LogP contribution in [-0.2, 0) is 33.2 Å². The fourth-order valence-electron chi connectivity index (χ4n) is 5.31. The summed E-state index contributed by atoms with van der Waals surface area (Å²) in [5.74, 6) is 0. The lowest BCUT2D eigenvalue weighted by molar-refractivity contribution is -0.373. The summed E-state index contributed by atoms with van der Waals surface area (Å²) in [4.78, 5) is 0. The summed E-state index contributed by atoms with van der Waals surface area (Å²) in [6.07, 6.45) is -34.8. The van der Waals surface area contributed by atoms with Crippen LogP contribution in [0.4, 0.5) is 0 Å². The first-order valence-electron chi connectivity index (χ1n) is 14.1. The van der Waals surface area contributed by atoms with Gasteiger partial charge >= 0.3 is 0 Å². The van der Waals surface area contributed by atoms with E-state index in [9.17, 15) is 71.5 Å². The van der Waals surface area contributed by atoms with Crippen LogP contribution in [0.3, 0.4) is 0 Å². The molecule has 21 heteroatoms. The highest BCUT2D eigenvalue weighted by Gasteiger charge is 2.52. The van der Waals surface area contributed by atoms with Crippen molar-refractivity contribution < 1.29 is 105 Å². The summed E-state index contributed by atoms with van der Waals surface area (Å²) < 4.78 is 37.7. The van der Waals surface area contributed by atoms with Gasteiger partial charge in [-0.25, -0.2) is 0 Å². The predicted octanol–water partition coefficient (Wildman–Crippen LogP) is -9.75. The van der Waals surface area contributed by atoms with Crippen LogP contribution in [0.1, 0.15) is 0 Å². The molecule has 14 N–H and O–H groups in total. The van der Waals surface area contributed by atoms with E-state index in [1.54, 1.807) is 0 Å². The first kappa shape index (κ1) is 37.0. The van der Waals surface area contributed by atoms with Crippen molar-refractivity contribution in [1.29, 1.82) is 0 Å². The number of ether oxygens (including phenoxy) is 7. The minimum Gasteiger partial charge on any atom is -0.394 e. The lowest BCUT2D eigenvalue weighted by Gasteiger charge is -2.46. The Morgan fingerprint density at radius 3 is 1.33 bits per heavy atom. The molecule has 264 valence electrons. The second-order valence-corrected chi connectivity index (χ2v) is 11.2. The van der Waals surface area contributed by atoms with E-state index in [0.717, 1.165) is 0 Å². The lowest BCUT2D eigenvalue weighted by atomic mass is 9.97. The van der Waals surface area contributed by atoms with Crippen molar-refractivity contribution in [3.05, 3.63) is 0 Å². The van der Waals surface area contributed by atoms with Crippen molar-refractivity contribution >= 4 is 0 Å². The maximum atomic E-state index is 10.7. The number of hydrogen-bond donors (Lipinski definition) is 14. The molecule has 4 rings (SSSR count). The standard InChI is InChI=1S/C24H42O21/c25-1-5-9(27)14(32)19(37)23(42-5)45-20-16(34)10(28)6(2-26)43-24(20)40-4-8-12(30)15(33)18(36)22(44-8)39-3-7-11(29)13(31)17(35)21(38)41-7/h5-38H,1-4H2/t5-,6-,7-,8-,9-,10-,11-,12-,13+,14+,15+,16+,17+,18+,19+,20+,21+,22+,23-,24+/m1/s1. The molecular weight excluding hydrogens is 624 g/mol. The van der Waals surface area contributed by atoms with Crippen molar-refractivity contribution in [3.8, 4) is 0 Å². The maximum Gasteiger partial charge on any atom is 0.187 e. The van der Waals surface area contributed by atoms with Crippen molar-refractivity contribution in [2.75, 3.05) is 26.4 Å². The molecule has 4 aliphatic heterocycles. The molecule has 0 bridgehead atoms. The van der Waals surface area contributed by atoms with E-state index in [1.807, 2.05) is 0 Å². The third-order valence-electron chi connectivity index (χ3n) is 8.17. The molecule has 21 nitrogen and oxygen atoms in total. The van der Waals surface area contributed by atoms with Gasteiger partial charge in [-0.15, -0.1) is 0 Å². The Kier molecular flexibility index (Phi) is 12.8. The zero-order chi connectivity index (χ0) is 33.3. The molecule has 0 unspecified atom stereocenters. The first-order valence-corrected chi connectivity index (χ1v) is 14.1. The van der Waals surface area contributed by atoms with Crippen LogP contribution in [0.5, 0.6) is 0 Å². The molecule has 0 saturated carbocycles. The van der Waals surface area contributed by atoms with Crippen molar-refractivity contribution in [2.24, 2.45) is 0 Å². The van der Waals surface area contributed by atoms with Gasteiger partial charge in [-0.05, 0) is 0 Å². The highest BCUT2D eigenvalue weighted by Crippen LogP contribution is 2.31. The van der Waals surface area contributed by atoms with E-state index in [1.165, 1.54) is 0 Å². The van der Waals surface area contributed by atoms with Crippen molar-refractivity contribution in [1.82, 2.24) is 0 Å². The van der Waals surface area contributed by atoms with E-state index >= 15 is 0 Å². The third kappa shape index (κ3) is 7.75. The molecule has 0 spiro atoms. The molecule has 4 fully saturated rings. The number of rotatable bonds is 10. The summed E-state index contributed by atoms with van der Waals surface area (Å²) in [5, 5.41) is 141. The molecular formula is C24H42O21. The molecule has 4 heterocycles. The lowest BCUT2D eigenvalue weighted by Crippen LogP contribution is -2.65. The van der Waals surface area contributed by atoms with Crippen LogP contribution >= 0.6 is 0 Å². The summed E-state index contributed by atoms with van der Waals surface area (Å²) in [5.41, 5.74) is 0. The molecule has 45 heavy (non-hydrogen) atoms. The summed E-state index contributed by atoms with van der Waals surface area (Å²) in [7, 11) is 0. The second kappa shape index (κ2) is 15.6. The minimum atomic E-state index is -1.92. The van der Waals surface area contributed by atoms with Gasteiger partial charge in [0.2, 0.25) is 0 Å². The van der Waals surface area contributed by atoms with Gasteiger partial charge in [-0.1, -0.05) is 0 Å². The number of aliphatic hydroxyl groups excluding tert-OH is 14. The fourth-order valence-corrected chi connectivity index (χ4v) is 5.31. The third-order valence-corrected chi connectivity index (χ3v) is 8.17. The average Bonchev–Trinajstić information content (AvgIpc) is 3.03. The molecule has 0 radical (unpaired) electrons. The molecule has 0 aromatic heterocycles. The zero-order valence-corrected chi connectivity index (χ0v) is 23.5. The van der Waals surface area contributed by atoms with Gasteiger partial charge in [0, 0.05) is 0 Å². The predicted molar refractivity (Wildman–Crippen MR) is 134 cm³/mol. The second-order valence-electron chi connectivity index (χ2n) is 11.2. The van der Waals surface area contributed by atoms with Crippen LogP contribution in [-0.4, -0.2) is 221 Å². The van der Waals surface area contributed by atoms with Crippen molar-refractivity contribution in [2.45, 2.75) is 123 Å². The van der Waals surface area contributed by atoms with E-state index in [4.69, 9.17) is 33.2 Å². The Morgan fingerprint density at radius 1 is 0.378 bits per heavy atom. The molecule has 0 amide bonds. The zero-order valence-electron chi connectivity index (χ0n) is 23.5.